The molecule has 0 spiro atoms. The maximum atomic E-state index is 13.4. The van der Waals surface area contributed by atoms with Crippen LogP contribution in [0.5, 0.6) is 0 Å². The molecule has 1 aliphatic rings. The third-order valence-electron chi connectivity index (χ3n) is 5.98. The molecule has 2 aromatic carbocycles. The van der Waals surface area contributed by atoms with Gasteiger partial charge in [-0.05, 0) is 66.9 Å². The predicted molar refractivity (Wildman–Crippen MR) is 120 cm³/mol. The highest BCUT2D eigenvalue weighted by molar-refractivity contribution is 7.90. The molecule has 29 heavy (non-hydrogen) atoms. The molecule has 0 bridgehead atoms. The summed E-state index contributed by atoms with van der Waals surface area (Å²) >= 11 is 6.65. The van der Waals surface area contributed by atoms with E-state index >= 15 is 0 Å². The van der Waals surface area contributed by atoms with Gasteiger partial charge in [0, 0.05) is 31.9 Å². The molecule has 0 radical (unpaired) electrons. The van der Waals surface area contributed by atoms with Crippen molar-refractivity contribution in [3.63, 3.8) is 0 Å². The van der Waals surface area contributed by atoms with Gasteiger partial charge >= 0.3 is 0 Å². The van der Waals surface area contributed by atoms with E-state index in [4.69, 9.17) is 11.8 Å². The summed E-state index contributed by atoms with van der Waals surface area (Å²) in [5, 5.41) is 3.32. The topological polar surface area (TPSA) is 52.7 Å². The predicted octanol–water partition coefficient (Wildman–Crippen LogP) is 4.26. The fourth-order valence-electron chi connectivity index (χ4n) is 4.14. The van der Waals surface area contributed by atoms with Gasteiger partial charge in [-0.25, -0.2) is 8.42 Å². The summed E-state index contributed by atoms with van der Waals surface area (Å²) in [7, 11) is -3.87. The van der Waals surface area contributed by atoms with Gasteiger partial charge in [0.2, 0.25) is 0 Å². The van der Waals surface area contributed by atoms with Gasteiger partial charge in [-0.1, -0.05) is 41.9 Å². The van der Waals surface area contributed by atoms with Crippen molar-refractivity contribution >= 4 is 27.5 Å². The Morgan fingerprint density at radius 3 is 2.17 bits per heavy atom. The molecule has 1 fully saturated rings. The molecular weight excluding hydrogens is 406 g/mol. The van der Waals surface area contributed by atoms with Gasteiger partial charge in [-0.15, -0.1) is 0 Å². The summed E-state index contributed by atoms with van der Waals surface area (Å²) in [6.45, 7) is 9.65. The molecule has 1 heterocycles. The first-order valence-corrected chi connectivity index (χ1v) is 12.0. The lowest BCUT2D eigenvalue weighted by Crippen LogP contribution is -2.44. The zero-order valence-corrected chi connectivity index (χ0v) is 18.9. The van der Waals surface area contributed by atoms with Crippen LogP contribution in [-0.4, -0.2) is 38.4 Å². The van der Waals surface area contributed by atoms with E-state index in [0.717, 1.165) is 46.8 Å². The van der Waals surface area contributed by atoms with E-state index in [1.54, 1.807) is 12.1 Å². The Morgan fingerprint density at radius 1 is 1.03 bits per heavy atom. The zero-order chi connectivity index (χ0) is 21.1. The van der Waals surface area contributed by atoms with Crippen LogP contribution >= 0.6 is 11.8 Å². The van der Waals surface area contributed by atoms with E-state index < -0.39 is 15.6 Å². The van der Waals surface area contributed by atoms with Crippen LogP contribution in [-0.2, 0) is 15.6 Å². The minimum absolute atomic E-state index is 0.214. The van der Waals surface area contributed by atoms with Crippen LogP contribution in [0.1, 0.15) is 37.8 Å². The summed E-state index contributed by atoms with van der Waals surface area (Å²) in [5.74, 6) is 0. The summed E-state index contributed by atoms with van der Waals surface area (Å²) in [4.78, 5) is 2.47. The highest BCUT2D eigenvalue weighted by atomic mass is 35.5. The second-order valence-corrected chi connectivity index (χ2v) is 9.83. The van der Waals surface area contributed by atoms with Crippen LogP contribution in [0.3, 0.4) is 0 Å². The van der Waals surface area contributed by atoms with Crippen molar-refractivity contribution in [2.24, 2.45) is 0 Å². The van der Waals surface area contributed by atoms with Gasteiger partial charge in [-0.2, -0.15) is 0 Å². The zero-order valence-electron chi connectivity index (χ0n) is 17.4. The Bertz CT molecular complexity index is 921. The molecule has 1 N–H and O–H groups in total. The Morgan fingerprint density at radius 2 is 1.62 bits per heavy atom. The molecule has 5 nitrogen and oxygen atoms in total. The van der Waals surface area contributed by atoms with E-state index in [1.165, 1.54) is 0 Å². The highest BCUT2D eigenvalue weighted by Gasteiger charge is 2.43. The molecule has 0 saturated carbocycles. The van der Waals surface area contributed by atoms with Crippen LogP contribution in [0.4, 0.5) is 5.69 Å². The lowest BCUT2D eigenvalue weighted by atomic mass is 9.83. The molecule has 0 amide bonds. The third-order valence-corrected chi connectivity index (χ3v) is 8.49. The number of rotatable bonds is 7. The van der Waals surface area contributed by atoms with Gasteiger partial charge < -0.3 is 10.2 Å². The molecular formula is C22H30ClN3O2S. The van der Waals surface area contributed by atoms with E-state index in [9.17, 15) is 8.42 Å². The van der Waals surface area contributed by atoms with Gasteiger partial charge in [0.15, 0.2) is 0 Å². The van der Waals surface area contributed by atoms with E-state index in [0.29, 0.717) is 12.8 Å². The average molecular weight is 436 g/mol. The van der Waals surface area contributed by atoms with Gasteiger partial charge in [0.25, 0.3) is 10.0 Å². The molecule has 7 heteroatoms. The van der Waals surface area contributed by atoms with Crippen molar-refractivity contribution in [1.82, 2.24) is 9.14 Å². The summed E-state index contributed by atoms with van der Waals surface area (Å²) in [6, 6.07) is 14.9. The van der Waals surface area contributed by atoms with E-state index in [1.807, 2.05) is 57.2 Å². The molecule has 0 aliphatic carbocycles. The van der Waals surface area contributed by atoms with E-state index in [-0.39, 0.29) is 4.90 Å². The number of aryl methyl sites for hydroxylation is 1. The smallest absolute Gasteiger partial charge is 0.257 e. The number of nitrogens with zero attached hydrogens (tertiary/aromatic N) is 2. The number of hydrogen-bond donors (Lipinski definition) is 1. The van der Waals surface area contributed by atoms with Crippen LogP contribution < -0.4 is 10.2 Å². The molecule has 2 aromatic rings. The first kappa shape index (κ1) is 22.1. The molecule has 158 valence electrons. The number of nitrogens with one attached hydrogen (secondary N) is 1. The molecule has 0 atom stereocenters. The Hall–Kier alpha value is -1.60. The Kier molecular flexibility index (Phi) is 6.89. The van der Waals surface area contributed by atoms with Gasteiger partial charge in [0.05, 0.1) is 10.4 Å². The average Bonchev–Trinajstić information content (AvgIpc) is 2.76. The van der Waals surface area contributed by atoms with Crippen molar-refractivity contribution in [2.45, 2.75) is 44.0 Å². The molecule has 1 aliphatic heterocycles. The number of anilines is 1. The van der Waals surface area contributed by atoms with Gasteiger partial charge in [0.1, 0.15) is 0 Å². The fraction of sp³-hybridized carbons (Fsp3) is 0.455. The highest BCUT2D eigenvalue weighted by Crippen LogP contribution is 2.42. The van der Waals surface area contributed by atoms with Crippen LogP contribution in [0.15, 0.2) is 53.4 Å². The Labute approximate surface area is 179 Å². The lowest BCUT2D eigenvalue weighted by Gasteiger charge is -2.39. The molecule has 3 rings (SSSR count). The van der Waals surface area contributed by atoms with Crippen molar-refractivity contribution < 1.29 is 8.42 Å². The first-order valence-electron chi connectivity index (χ1n) is 10.2. The number of piperazine rings is 1. The number of hydrogen-bond acceptors (Lipinski definition) is 4. The molecule has 0 aromatic heterocycles. The lowest BCUT2D eigenvalue weighted by molar-refractivity contribution is 0.260. The van der Waals surface area contributed by atoms with Crippen molar-refractivity contribution in [2.75, 3.05) is 31.1 Å². The van der Waals surface area contributed by atoms with Crippen molar-refractivity contribution in [1.29, 1.82) is 0 Å². The SMILES string of the molecule is CCC(CC)(c1ccccc1C)N(Cl)S(=O)(=O)c1ccc(N2CCNCC2)cc1. The van der Waals surface area contributed by atoms with Crippen LogP contribution in [0, 0.1) is 6.92 Å². The number of halogens is 1. The first-order chi connectivity index (χ1) is 13.9. The minimum Gasteiger partial charge on any atom is -0.369 e. The number of benzene rings is 2. The van der Waals surface area contributed by atoms with Gasteiger partial charge in [-0.3, -0.25) is 0 Å². The van der Waals surface area contributed by atoms with Crippen LogP contribution in [0.2, 0.25) is 0 Å². The monoisotopic (exact) mass is 435 g/mol. The van der Waals surface area contributed by atoms with Crippen LogP contribution in [0.25, 0.3) is 0 Å². The Balaban J connectivity index is 1.95. The summed E-state index contributed by atoms with van der Waals surface area (Å²) in [6.07, 6.45) is 1.16. The minimum atomic E-state index is -3.87. The van der Waals surface area contributed by atoms with E-state index in [2.05, 4.69) is 10.2 Å². The molecule has 0 unspecified atom stereocenters. The quantitative estimate of drug-likeness (QED) is 0.660. The fourth-order valence-corrected chi connectivity index (χ4v) is 6.19. The molecule has 1 saturated heterocycles. The largest absolute Gasteiger partial charge is 0.369 e. The van der Waals surface area contributed by atoms with Crippen molar-refractivity contribution in [3.8, 4) is 0 Å². The van der Waals surface area contributed by atoms with Crippen molar-refractivity contribution in [3.05, 3.63) is 59.7 Å². The summed E-state index contributed by atoms with van der Waals surface area (Å²) in [5.41, 5.74) is 2.21. The normalized spacial score (nSPS) is 15.7. The maximum absolute atomic E-state index is 13.4. The standard InChI is InChI=1S/C22H30ClN3O2S/c1-4-22(5-2,21-9-7-6-8-18(21)3)26(23)29(27,28)20-12-10-19(11-13-20)25-16-14-24-15-17-25/h6-13,24H,4-5,14-17H2,1-3H3. The number of sulfonamides is 1. The second-order valence-electron chi connectivity index (χ2n) is 7.50. The second kappa shape index (κ2) is 9.04. The maximum Gasteiger partial charge on any atom is 0.257 e. The summed E-state index contributed by atoms with van der Waals surface area (Å²) < 4.78 is 27.9. The third kappa shape index (κ3) is 4.17.